The van der Waals surface area contributed by atoms with Crippen molar-refractivity contribution in [1.82, 2.24) is 9.88 Å². The van der Waals surface area contributed by atoms with Gasteiger partial charge < -0.3 is 4.57 Å². The molecule has 1 aromatic heterocycles. The lowest BCUT2D eigenvalue weighted by Gasteiger charge is -2.26. The van der Waals surface area contributed by atoms with E-state index in [0.717, 1.165) is 22.6 Å². The third-order valence-electron chi connectivity index (χ3n) is 4.61. The fourth-order valence-corrected chi connectivity index (χ4v) is 3.12. The van der Waals surface area contributed by atoms with Crippen LogP contribution in [-0.2, 0) is 16.1 Å². The molecule has 0 bridgehead atoms. The first-order chi connectivity index (χ1) is 14.4. The SMILES string of the molecule is O=C1NC(=O)N(c2ccc(F)cc2)C(=O)/C1=C\c1cccn1Cc1ccc(F)cc1. The van der Waals surface area contributed by atoms with Gasteiger partial charge in [-0.2, -0.15) is 0 Å². The molecule has 1 saturated heterocycles. The molecular formula is C22H15F2N3O3. The lowest BCUT2D eigenvalue weighted by molar-refractivity contribution is -0.122. The van der Waals surface area contributed by atoms with Crippen LogP contribution < -0.4 is 10.2 Å². The van der Waals surface area contributed by atoms with Gasteiger partial charge in [0.2, 0.25) is 0 Å². The first-order valence-electron chi connectivity index (χ1n) is 8.99. The lowest BCUT2D eigenvalue weighted by atomic mass is 10.1. The van der Waals surface area contributed by atoms with E-state index in [1.54, 1.807) is 35.0 Å². The molecule has 4 rings (SSSR count). The molecule has 0 radical (unpaired) electrons. The van der Waals surface area contributed by atoms with Crippen molar-refractivity contribution >= 4 is 29.6 Å². The van der Waals surface area contributed by atoms with Crippen LogP contribution >= 0.6 is 0 Å². The third-order valence-corrected chi connectivity index (χ3v) is 4.61. The number of benzene rings is 2. The van der Waals surface area contributed by atoms with E-state index in [0.29, 0.717) is 12.2 Å². The van der Waals surface area contributed by atoms with Gasteiger partial charge in [-0.15, -0.1) is 0 Å². The number of imide groups is 2. The molecule has 0 atom stereocenters. The number of nitrogens with zero attached hydrogens (tertiary/aromatic N) is 2. The molecule has 2 heterocycles. The molecule has 4 amide bonds. The molecule has 1 aliphatic heterocycles. The molecule has 150 valence electrons. The summed E-state index contributed by atoms with van der Waals surface area (Å²) < 4.78 is 28.1. The van der Waals surface area contributed by atoms with Gasteiger partial charge in [0.05, 0.1) is 5.69 Å². The summed E-state index contributed by atoms with van der Waals surface area (Å²) in [6.45, 7) is 0.392. The van der Waals surface area contributed by atoms with Gasteiger partial charge in [-0.25, -0.2) is 18.5 Å². The predicted molar refractivity (Wildman–Crippen MR) is 105 cm³/mol. The topological polar surface area (TPSA) is 71.4 Å². The minimum absolute atomic E-state index is 0.138. The highest BCUT2D eigenvalue weighted by molar-refractivity contribution is 6.39. The fraction of sp³-hybridized carbons (Fsp3) is 0.0455. The van der Waals surface area contributed by atoms with E-state index in [9.17, 15) is 23.2 Å². The molecule has 1 N–H and O–H groups in total. The summed E-state index contributed by atoms with van der Waals surface area (Å²) in [5, 5.41) is 2.13. The van der Waals surface area contributed by atoms with Gasteiger partial charge >= 0.3 is 6.03 Å². The fourth-order valence-electron chi connectivity index (χ4n) is 3.12. The van der Waals surface area contributed by atoms with E-state index in [-0.39, 0.29) is 17.1 Å². The van der Waals surface area contributed by atoms with Crippen LogP contribution in [0, 0.1) is 11.6 Å². The second kappa shape index (κ2) is 7.75. The van der Waals surface area contributed by atoms with Crippen molar-refractivity contribution in [2.24, 2.45) is 0 Å². The number of nitrogens with one attached hydrogen (secondary N) is 1. The Hall–Kier alpha value is -4.07. The Balaban J connectivity index is 1.66. The molecule has 6 nitrogen and oxygen atoms in total. The number of barbiturate groups is 1. The standard InChI is InChI=1S/C22H15F2N3O3/c23-15-5-3-14(4-6-15)13-26-11-1-2-18(26)12-19-20(28)25-22(30)27(21(19)29)17-9-7-16(24)8-10-17/h1-12H,13H2,(H,25,28,30)/b19-12-. The van der Waals surface area contributed by atoms with E-state index in [2.05, 4.69) is 5.32 Å². The molecule has 1 aliphatic rings. The monoisotopic (exact) mass is 407 g/mol. The van der Waals surface area contributed by atoms with Crippen molar-refractivity contribution < 1.29 is 23.2 Å². The molecular weight excluding hydrogens is 392 g/mol. The van der Waals surface area contributed by atoms with Crippen LogP contribution in [0.5, 0.6) is 0 Å². The average molecular weight is 407 g/mol. The third kappa shape index (κ3) is 3.75. The molecule has 0 unspecified atom stereocenters. The Morgan fingerprint density at radius 2 is 1.50 bits per heavy atom. The Labute approximate surface area is 170 Å². The molecule has 3 aromatic rings. The predicted octanol–water partition coefficient (Wildman–Crippen LogP) is 3.48. The Morgan fingerprint density at radius 1 is 0.867 bits per heavy atom. The molecule has 1 fully saturated rings. The Bertz CT molecular complexity index is 1170. The minimum atomic E-state index is -0.907. The van der Waals surface area contributed by atoms with Crippen molar-refractivity contribution in [2.75, 3.05) is 4.90 Å². The van der Waals surface area contributed by atoms with E-state index < -0.39 is 23.7 Å². The number of hydrogen-bond donors (Lipinski definition) is 1. The van der Waals surface area contributed by atoms with E-state index >= 15 is 0 Å². The zero-order chi connectivity index (χ0) is 21.3. The highest BCUT2D eigenvalue weighted by Gasteiger charge is 2.36. The van der Waals surface area contributed by atoms with Crippen LogP contribution in [0.1, 0.15) is 11.3 Å². The number of carbonyl (C=O) groups excluding carboxylic acids is 3. The first kappa shape index (κ1) is 19.3. The first-order valence-corrected chi connectivity index (χ1v) is 8.99. The maximum atomic E-state index is 13.2. The molecule has 30 heavy (non-hydrogen) atoms. The normalized spacial score (nSPS) is 15.6. The summed E-state index contributed by atoms with van der Waals surface area (Å²) in [5.41, 5.74) is 1.28. The summed E-state index contributed by atoms with van der Waals surface area (Å²) in [5.74, 6) is -2.50. The second-order valence-electron chi connectivity index (χ2n) is 6.62. The maximum Gasteiger partial charge on any atom is 0.335 e. The summed E-state index contributed by atoms with van der Waals surface area (Å²) in [6.07, 6.45) is 3.13. The average Bonchev–Trinajstić information content (AvgIpc) is 3.15. The summed E-state index contributed by atoms with van der Waals surface area (Å²) in [4.78, 5) is 38.2. The molecule has 8 heteroatoms. The summed E-state index contributed by atoms with van der Waals surface area (Å²) in [6, 6.07) is 13.3. The van der Waals surface area contributed by atoms with Gasteiger partial charge in [-0.3, -0.25) is 14.9 Å². The Morgan fingerprint density at radius 3 is 2.17 bits per heavy atom. The number of aromatic nitrogens is 1. The number of anilines is 1. The van der Waals surface area contributed by atoms with Gasteiger partial charge in [0.1, 0.15) is 17.2 Å². The van der Waals surface area contributed by atoms with Crippen LogP contribution in [0.15, 0.2) is 72.4 Å². The van der Waals surface area contributed by atoms with Gasteiger partial charge in [0.15, 0.2) is 0 Å². The highest BCUT2D eigenvalue weighted by atomic mass is 19.1. The van der Waals surface area contributed by atoms with Gasteiger partial charge in [-0.1, -0.05) is 12.1 Å². The highest BCUT2D eigenvalue weighted by Crippen LogP contribution is 2.22. The molecule has 0 spiro atoms. The number of urea groups is 1. The van der Waals surface area contributed by atoms with Crippen molar-refractivity contribution in [1.29, 1.82) is 0 Å². The number of rotatable bonds is 4. The van der Waals surface area contributed by atoms with Crippen LogP contribution in [0.25, 0.3) is 6.08 Å². The number of carbonyl (C=O) groups is 3. The number of halogens is 2. The second-order valence-corrected chi connectivity index (χ2v) is 6.62. The van der Waals surface area contributed by atoms with E-state index in [1.165, 1.54) is 30.3 Å². The Kier molecular flexibility index (Phi) is 4.97. The lowest BCUT2D eigenvalue weighted by Crippen LogP contribution is -2.54. The van der Waals surface area contributed by atoms with Crippen molar-refractivity contribution in [2.45, 2.75) is 6.54 Å². The van der Waals surface area contributed by atoms with Crippen molar-refractivity contribution in [3.05, 3.63) is 95.3 Å². The van der Waals surface area contributed by atoms with Crippen molar-refractivity contribution in [3.8, 4) is 0 Å². The van der Waals surface area contributed by atoms with Crippen molar-refractivity contribution in [3.63, 3.8) is 0 Å². The van der Waals surface area contributed by atoms with Crippen LogP contribution in [0.3, 0.4) is 0 Å². The number of amides is 4. The van der Waals surface area contributed by atoms with Gasteiger partial charge in [-0.05, 0) is 60.2 Å². The van der Waals surface area contributed by atoms with Crippen LogP contribution in [0.2, 0.25) is 0 Å². The minimum Gasteiger partial charge on any atom is -0.344 e. The van der Waals surface area contributed by atoms with E-state index in [4.69, 9.17) is 0 Å². The molecule has 0 aliphatic carbocycles. The van der Waals surface area contributed by atoms with Gasteiger partial charge in [0.25, 0.3) is 11.8 Å². The summed E-state index contributed by atoms with van der Waals surface area (Å²) in [7, 11) is 0. The van der Waals surface area contributed by atoms with Gasteiger partial charge in [0, 0.05) is 18.4 Å². The van der Waals surface area contributed by atoms with Crippen LogP contribution in [-0.4, -0.2) is 22.4 Å². The van der Waals surface area contributed by atoms with E-state index in [1.807, 2.05) is 0 Å². The zero-order valence-electron chi connectivity index (χ0n) is 15.5. The zero-order valence-corrected chi connectivity index (χ0v) is 15.5. The van der Waals surface area contributed by atoms with Crippen LogP contribution in [0.4, 0.5) is 19.3 Å². The quantitative estimate of drug-likeness (QED) is 0.532. The maximum absolute atomic E-state index is 13.2. The smallest absolute Gasteiger partial charge is 0.335 e. The largest absolute Gasteiger partial charge is 0.344 e. The number of hydrogen-bond acceptors (Lipinski definition) is 3. The summed E-state index contributed by atoms with van der Waals surface area (Å²) >= 11 is 0. The molecule has 0 saturated carbocycles. The molecule has 2 aromatic carbocycles.